The predicted molar refractivity (Wildman–Crippen MR) is 212 cm³/mol. The Balaban J connectivity index is 1.01. The number of hydrogen-bond acceptors (Lipinski definition) is 7. The highest BCUT2D eigenvalue weighted by Crippen LogP contribution is 2.72. The SMILES string of the molecule is Cc1c(-c2ccc(-c3cc4cccc(C(=O)Nc5nc6ccccc6s5)c4[nH]3)nc2C(=O)O)cnn1CC12CC3(C)CC(C)(C1)CC(OC(C)(C)C)(C3)C2. The van der Waals surface area contributed by atoms with E-state index < -0.39 is 5.97 Å². The van der Waals surface area contributed by atoms with Crippen molar-refractivity contribution in [2.45, 2.75) is 97.8 Å². The lowest BCUT2D eigenvalue weighted by molar-refractivity contribution is -0.275. The fraction of sp³-hybridized carbons (Fsp3) is 0.419. The minimum atomic E-state index is -1.12. The summed E-state index contributed by atoms with van der Waals surface area (Å²) in [6.07, 6.45) is 8.54. The number of carboxylic acids is 1. The van der Waals surface area contributed by atoms with E-state index in [-0.39, 0.29) is 39.0 Å². The van der Waals surface area contributed by atoms with Crippen LogP contribution in [0.4, 0.5) is 5.13 Å². The molecule has 0 aliphatic heterocycles. The molecule has 4 saturated carbocycles. The van der Waals surface area contributed by atoms with Crippen LogP contribution >= 0.6 is 11.3 Å². The van der Waals surface area contributed by atoms with Gasteiger partial charge in [-0.15, -0.1) is 0 Å². The van der Waals surface area contributed by atoms with E-state index in [1.165, 1.54) is 17.8 Å². The summed E-state index contributed by atoms with van der Waals surface area (Å²) in [5.41, 5.74) is 5.30. The summed E-state index contributed by atoms with van der Waals surface area (Å²) < 4.78 is 10.1. The Labute approximate surface area is 318 Å². The van der Waals surface area contributed by atoms with Gasteiger partial charge in [-0.25, -0.2) is 14.8 Å². The first-order valence-electron chi connectivity index (χ1n) is 18.8. The van der Waals surface area contributed by atoms with Gasteiger partial charge in [-0.05, 0) is 119 Å². The van der Waals surface area contributed by atoms with Crippen molar-refractivity contribution in [3.63, 3.8) is 0 Å². The molecule has 278 valence electrons. The van der Waals surface area contributed by atoms with E-state index in [0.29, 0.717) is 33.2 Å². The molecule has 0 saturated heterocycles. The lowest BCUT2D eigenvalue weighted by Crippen LogP contribution is -2.65. The van der Waals surface area contributed by atoms with Crippen molar-refractivity contribution in [1.82, 2.24) is 24.7 Å². The number of benzene rings is 2. The number of amides is 1. The number of carbonyl (C=O) groups is 2. The average Bonchev–Trinajstić information content (AvgIpc) is 3.77. The van der Waals surface area contributed by atoms with Crippen LogP contribution < -0.4 is 5.32 Å². The zero-order chi connectivity index (χ0) is 37.8. The summed E-state index contributed by atoms with van der Waals surface area (Å²) in [4.78, 5) is 38.8. The highest BCUT2D eigenvalue weighted by molar-refractivity contribution is 7.22. The number of aromatic amines is 1. The van der Waals surface area contributed by atoms with Gasteiger partial charge in [-0.2, -0.15) is 5.10 Å². The Hall–Kier alpha value is -4.87. The van der Waals surface area contributed by atoms with Gasteiger partial charge in [0.05, 0.1) is 50.1 Å². The van der Waals surface area contributed by atoms with Crippen molar-refractivity contribution in [3.8, 4) is 22.5 Å². The second-order valence-corrected chi connectivity index (χ2v) is 19.2. The van der Waals surface area contributed by atoms with Crippen LogP contribution in [0.1, 0.15) is 99.7 Å². The van der Waals surface area contributed by atoms with E-state index in [0.717, 1.165) is 65.5 Å². The minimum absolute atomic E-state index is 0.0463. The number of carboxylic acid groups (broad SMARTS) is 1. The number of ether oxygens (including phenoxy) is 1. The van der Waals surface area contributed by atoms with Gasteiger partial charge in [0.25, 0.3) is 5.91 Å². The van der Waals surface area contributed by atoms with E-state index in [4.69, 9.17) is 9.84 Å². The lowest BCUT2D eigenvalue weighted by Gasteiger charge is -2.70. The normalized spacial score (nSPS) is 26.2. The number of anilines is 1. The largest absolute Gasteiger partial charge is 0.476 e. The summed E-state index contributed by atoms with van der Waals surface area (Å²) in [6, 6.07) is 18.8. The van der Waals surface area contributed by atoms with E-state index in [1.807, 2.05) is 61.5 Å². The zero-order valence-corrected chi connectivity index (χ0v) is 32.5. The molecule has 1 amide bonds. The molecule has 2 aromatic carbocycles. The molecule has 10 rings (SSSR count). The van der Waals surface area contributed by atoms with E-state index in [2.05, 4.69) is 59.6 Å². The molecule has 0 spiro atoms. The Bertz CT molecular complexity index is 2450. The molecule has 4 fully saturated rings. The summed E-state index contributed by atoms with van der Waals surface area (Å²) in [6.45, 7) is 14.2. The van der Waals surface area contributed by atoms with Gasteiger partial charge in [-0.3, -0.25) is 14.8 Å². The molecule has 6 aromatic rings. The number of carbonyl (C=O) groups excluding carboxylic acids is 1. The van der Waals surface area contributed by atoms with Crippen LogP contribution in [0, 0.1) is 23.2 Å². The Morgan fingerprint density at radius 1 is 0.944 bits per heavy atom. The molecule has 4 aliphatic carbocycles. The summed E-state index contributed by atoms with van der Waals surface area (Å²) >= 11 is 1.42. The molecule has 3 N–H and O–H groups in total. The number of thiazole rings is 1. The van der Waals surface area contributed by atoms with Gasteiger partial charge in [0, 0.05) is 28.8 Å². The average molecular weight is 743 g/mol. The molecule has 4 heterocycles. The van der Waals surface area contributed by atoms with Gasteiger partial charge in [0.15, 0.2) is 10.8 Å². The number of hydrogen-bond donors (Lipinski definition) is 3. The number of nitrogens with one attached hydrogen (secondary N) is 2. The Morgan fingerprint density at radius 3 is 2.43 bits per heavy atom. The van der Waals surface area contributed by atoms with Crippen LogP contribution in [0.3, 0.4) is 0 Å². The Morgan fingerprint density at radius 2 is 1.70 bits per heavy atom. The maximum atomic E-state index is 13.5. The maximum Gasteiger partial charge on any atom is 0.355 e. The molecule has 4 bridgehead atoms. The fourth-order valence-corrected chi connectivity index (χ4v) is 12.4. The van der Waals surface area contributed by atoms with Crippen LogP contribution in [0.15, 0.2) is 66.9 Å². The smallest absolute Gasteiger partial charge is 0.355 e. The third-order valence-corrected chi connectivity index (χ3v) is 12.8. The first-order valence-corrected chi connectivity index (χ1v) is 19.6. The maximum absolute atomic E-state index is 13.5. The minimum Gasteiger partial charge on any atom is -0.476 e. The number of rotatable bonds is 8. The van der Waals surface area contributed by atoms with Crippen LogP contribution in [0.2, 0.25) is 0 Å². The van der Waals surface area contributed by atoms with Crippen molar-refractivity contribution < 1.29 is 19.4 Å². The molecule has 10 nitrogen and oxygen atoms in total. The Kier molecular flexibility index (Phi) is 7.63. The second-order valence-electron chi connectivity index (χ2n) is 18.2. The summed E-state index contributed by atoms with van der Waals surface area (Å²) in [5, 5.41) is 19.6. The van der Waals surface area contributed by atoms with Gasteiger partial charge in [0.2, 0.25) is 0 Å². The topological polar surface area (TPSA) is 135 Å². The fourth-order valence-electron chi connectivity index (χ4n) is 11.5. The molecule has 11 heteroatoms. The number of fused-ring (bicyclic) bond motifs is 2. The zero-order valence-electron chi connectivity index (χ0n) is 31.7. The lowest BCUT2D eigenvalue weighted by atomic mass is 9.39. The van der Waals surface area contributed by atoms with Gasteiger partial charge >= 0.3 is 5.97 Å². The number of aromatic nitrogens is 5. The van der Waals surface area contributed by atoms with Crippen LogP contribution in [0.5, 0.6) is 0 Å². The third-order valence-electron chi connectivity index (χ3n) is 11.8. The van der Waals surface area contributed by atoms with Crippen LogP contribution in [0.25, 0.3) is 43.6 Å². The van der Waals surface area contributed by atoms with Gasteiger partial charge in [0.1, 0.15) is 0 Å². The first kappa shape index (κ1) is 34.9. The predicted octanol–water partition coefficient (Wildman–Crippen LogP) is 9.90. The van der Waals surface area contributed by atoms with E-state index in [9.17, 15) is 14.7 Å². The van der Waals surface area contributed by atoms with Crippen molar-refractivity contribution in [3.05, 3.63) is 83.8 Å². The summed E-state index contributed by atoms with van der Waals surface area (Å²) in [7, 11) is 0. The molecule has 0 radical (unpaired) electrons. The second kappa shape index (κ2) is 11.8. The molecule has 2 unspecified atom stereocenters. The highest BCUT2D eigenvalue weighted by atomic mass is 32.1. The van der Waals surface area contributed by atoms with E-state index >= 15 is 0 Å². The number of nitrogens with zero attached hydrogens (tertiary/aromatic N) is 4. The molecular weight excluding hydrogens is 697 g/mol. The van der Waals surface area contributed by atoms with Crippen molar-refractivity contribution in [2.75, 3.05) is 5.32 Å². The molecule has 2 atom stereocenters. The molecule has 54 heavy (non-hydrogen) atoms. The molecule has 4 aliphatic rings. The van der Waals surface area contributed by atoms with Crippen molar-refractivity contribution in [2.24, 2.45) is 16.2 Å². The third kappa shape index (κ3) is 6.01. The quantitative estimate of drug-likeness (QED) is 0.141. The molecule has 4 aromatic heterocycles. The number of H-pyrrole nitrogens is 1. The summed E-state index contributed by atoms with van der Waals surface area (Å²) in [5.74, 6) is -1.40. The number of para-hydroxylation sites is 2. The highest BCUT2D eigenvalue weighted by Gasteiger charge is 2.66. The number of pyridine rings is 1. The standard InChI is InChI=1S/C43H46N6O4S/c1-25-29(17-44-49(25)24-42-19-40(5)18-41(6,20-42)22-43(21-40,23-42)53-39(2,3)4)27-14-15-30(45-35(27)37(51)52)32-16-26-10-9-11-28(34(26)46-32)36(50)48-38-47-31-12-7-8-13-33(31)54-38/h7-17,46H,18-24H2,1-6H3,(H,51,52)(H,47,48,50). The van der Waals surface area contributed by atoms with E-state index in [1.54, 1.807) is 12.3 Å². The molecular formula is C43H46N6O4S. The van der Waals surface area contributed by atoms with Crippen LogP contribution in [-0.2, 0) is 11.3 Å². The monoisotopic (exact) mass is 742 g/mol. The number of aromatic carboxylic acids is 1. The van der Waals surface area contributed by atoms with Crippen molar-refractivity contribution in [1.29, 1.82) is 0 Å². The first-order chi connectivity index (χ1) is 25.5. The van der Waals surface area contributed by atoms with Gasteiger partial charge < -0.3 is 14.8 Å². The van der Waals surface area contributed by atoms with Crippen LogP contribution in [-0.4, -0.2) is 52.9 Å². The van der Waals surface area contributed by atoms with Crippen molar-refractivity contribution >= 4 is 49.5 Å². The van der Waals surface area contributed by atoms with Gasteiger partial charge in [-0.1, -0.05) is 49.4 Å².